The average Bonchev–Trinajstić information content (AvgIpc) is 2.58. The normalized spacial score (nSPS) is 15.9. The summed E-state index contributed by atoms with van der Waals surface area (Å²) in [6.07, 6.45) is 4.81. The predicted molar refractivity (Wildman–Crippen MR) is 96.7 cm³/mol. The molecule has 25 heavy (non-hydrogen) atoms. The Labute approximate surface area is 149 Å². The van der Waals surface area contributed by atoms with Gasteiger partial charge < -0.3 is 9.80 Å². The van der Waals surface area contributed by atoms with E-state index in [0.717, 1.165) is 0 Å². The molecule has 0 radical (unpaired) electrons. The number of nitrogens with zero attached hydrogens (tertiary/aromatic N) is 5. The lowest BCUT2D eigenvalue weighted by Crippen LogP contribution is -2.50. The highest BCUT2D eigenvalue weighted by atomic mass is 32.2. The molecule has 1 saturated heterocycles. The number of rotatable bonds is 7. The monoisotopic (exact) mass is 369 g/mol. The number of amides is 1. The van der Waals surface area contributed by atoms with E-state index in [1.807, 2.05) is 18.7 Å². The number of carbonyl (C=O) groups is 1. The second-order valence-electron chi connectivity index (χ2n) is 6.68. The minimum absolute atomic E-state index is 0.00830. The number of piperazine rings is 1. The second kappa shape index (κ2) is 8.57. The minimum atomic E-state index is -3.29. The summed E-state index contributed by atoms with van der Waals surface area (Å²) in [5.41, 5.74) is 0. The molecule has 0 atom stereocenters. The molecule has 0 unspecified atom stereocenters. The Morgan fingerprint density at radius 1 is 1.20 bits per heavy atom. The lowest BCUT2D eigenvalue weighted by molar-refractivity contribution is -0.131. The van der Waals surface area contributed by atoms with Gasteiger partial charge in [-0.3, -0.25) is 4.79 Å². The molecule has 0 bridgehead atoms. The van der Waals surface area contributed by atoms with Gasteiger partial charge in [-0.15, -0.1) is 0 Å². The molecule has 1 aliphatic rings. The first-order valence-corrected chi connectivity index (χ1v) is 10.4. The molecule has 1 aromatic rings. The molecule has 1 aromatic heterocycles. The molecule has 9 heteroatoms. The van der Waals surface area contributed by atoms with Gasteiger partial charge in [-0.1, -0.05) is 13.8 Å². The third kappa shape index (κ3) is 5.93. The Bertz CT molecular complexity index is 658. The number of anilines is 1. The third-order valence-corrected chi connectivity index (χ3v) is 5.35. The van der Waals surface area contributed by atoms with Crippen LogP contribution in [0.15, 0.2) is 18.5 Å². The maximum Gasteiger partial charge on any atom is 0.225 e. The molecular weight excluding hydrogens is 342 g/mol. The fourth-order valence-corrected chi connectivity index (χ4v) is 3.78. The van der Waals surface area contributed by atoms with Crippen molar-refractivity contribution in [2.75, 3.05) is 50.4 Å². The zero-order chi connectivity index (χ0) is 18.4. The number of aromatic nitrogens is 2. The quantitative estimate of drug-likeness (QED) is 0.693. The predicted octanol–water partition coefficient (Wildman–Crippen LogP) is 0.433. The SMILES string of the molecule is CC(C)CN(CCC(=O)N1CCN(c2ncccn2)CC1)S(C)(=O)=O. The molecule has 0 spiro atoms. The number of sulfonamides is 1. The first-order valence-electron chi connectivity index (χ1n) is 8.52. The van der Waals surface area contributed by atoms with E-state index in [-0.39, 0.29) is 24.8 Å². The van der Waals surface area contributed by atoms with Gasteiger partial charge in [0, 0.05) is 58.1 Å². The summed E-state index contributed by atoms with van der Waals surface area (Å²) in [5, 5.41) is 0. The van der Waals surface area contributed by atoms with Crippen LogP contribution in [-0.4, -0.2) is 79.0 Å². The zero-order valence-electron chi connectivity index (χ0n) is 15.1. The lowest BCUT2D eigenvalue weighted by Gasteiger charge is -2.35. The van der Waals surface area contributed by atoms with Gasteiger partial charge in [0.15, 0.2) is 0 Å². The van der Waals surface area contributed by atoms with Crippen molar-refractivity contribution in [1.29, 1.82) is 0 Å². The Balaban J connectivity index is 1.84. The van der Waals surface area contributed by atoms with E-state index in [4.69, 9.17) is 0 Å². The molecule has 0 saturated carbocycles. The van der Waals surface area contributed by atoms with Crippen molar-refractivity contribution in [3.63, 3.8) is 0 Å². The van der Waals surface area contributed by atoms with Crippen molar-refractivity contribution in [3.05, 3.63) is 18.5 Å². The van der Waals surface area contributed by atoms with Crippen molar-refractivity contribution < 1.29 is 13.2 Å². The topological polar surface area (TPSA) is 86.7 Å². The van der Waals surface area contributed by atoms with Gasteiger partial charge in [-0.05, 0) is 12.0 Å². The average molecular weight is 369 g/mol. The maximum atomic E-state index is 12.4. The fourth-order valence-electron chi connectivity index (χ4n) is 2.79. The van der Waals surface area contributed by atoms with Crippen molar-refractivity contribution in [3.8, 4) is 0 Å². The van der Waals surface area contributed by atoms with Crippen LogP contribution in [-0.2, 0) is 14.8 Å². The smallest absolute Gasteiger partial charge is 0.225 e. The van der Waals surface area contributed by atoms with Crippen LogP contribution in [0.5, 0.6) is 0 Å². The molecule has 2 heterocycles. The molecule has 1 aliphatic heterocycles. The number of carbonyl (C=O) groups excluding carboxylic acids is 1. The van der Waals surface area contributed by atoms with Gasteiger partial charge in [-0.2, -0.15) is 0 Å². The maximum absolute atomic E-state index is 12.4. The van der Waals surface area contributed by atoms with Crippen LogP contribution in [0.3, 0.4) is 0 Å². The van der Waals surface area contributed by atoms with Crippen LogP contribution in [0.4, 0.5) is 5.95 Å². The van der Waals surface area contributed by atoms with Gasteiger partial charge in [0.05, 0.1) is 6.26 Å². The number of hydrogen-bond donors (Lipinski definition) is 0. The van der Waals surface area contributed by atoms with Gasteiger partial charge in [0.25, 0.3) is 0 Å². The Morgan fingerprint density at radius 2 is 1.80 bits per heavy atom. The summed E-state index contributed by atoms with van der Waals surface area (Å²) < 4.78 is 25.1. The molecular formula is C16H27N5O3S. The molecule has 0 aromatic carbocycles. The molecule has 140 valence electrons. The van der Waals surface area contributed by atoms with Crippen LogP contribution < -0.4 is 4.90 Å². The fraction of sp³-hybridized carbons (Fsp3) is 0.688. The highest BCUT2D eigenvalue weighted by molar-refractivity contribution is 7.88. The van der Waals surface area contributed by atoms with Crippen LogP contribution in [0.25, 0.3) is 0 Å². The van der Waals surface area contributed by atoms with Crippen molar-refractivity contribution in [1.82, 2.24) is 19.2 Å². The van der Waals surface area contributed by atoms with Crippen LogP contribution in [0.2, 0.25) is 0 Å². The standard InChI is InChI=1S/C16H27N5O3S/c1-14(2)13-21(25(3,23)24)8-5-15(22)19-9-11-20(12-10-19)16-17-6-4-7-18-16/h4,6-7,14H,5,8-13H2,1-3H3. The van der Waals surface area contributed by atoms with Gasteiger partial charge in [-0.25, -0.2) is 22.7 Å². The summed E-state index contributed by atoms with van der Waals surface area (Å²) in [6.45, 7) is 7.15. The summed E-state index contributed by atoms with van der Waals surface area (Å²) >= 11 is 0. The first kappa shape index (κ1) is 19.6. The van der Waals surface area contributed by atoms with Crippen LogP contribution in [0, 0.1) is 5.92 Å². The van der Waals surface area contributed by atoms with E-state index < -0.39 is 10.0 Å². The van der Waals surface area contributed by atoms with Gasteiger partial charge in [0.2, 0.25) is 21.9 Å². The lowest BCUT2D eigenvalue weighted by atomic mass is 10.2. The minimum Gasteiger partial charge on any atom is -0.339 e. The summed E-state index contributed by atoms with van der Waals surface area (Å²) in [7, 11) is -3.29. The van der Waals surface area contributed by atoms with E-state index in [2.05, 4.69) is 9.97 Å². The largest absolute Gasteiger partial charge is 0.339 e. The molecule has 0 N–H and O–H groups in total. The Morgan fingerprint density at radius 3 is 2.32 bits per heavy atom. The van der Waals surface area contributed by atoms with Gasteiger partial charge in [0.1, 0.15) is 0 Å². The van der Waals surface area contributed by atoms with E-state index in [1.165, 1.54) is 10.6 Å². The third-order valence-electron chi connectivity index (χ3n) is 4.08. The van der Waals surface area contributed by atoms with E-state index in [9.17, 15) is 13.2 Å². The molecule has 0 aliphatic carbocycles. The highest BCUT2D eigenvalue weighted by Gasteiger charge is 2.24. The number of hydrogen-bond acceptors (Lipinski definition) is 6. The Kier molecular flexibility index (Phi) is 6.71. The van der Waals surface area contributed by atoms with Gasteiger partial charge >= 0.3 is 0 Å². The van der Waals surface area contributed by atoms with E-state index in [0.29, 0.717) is 38.7 Å². The molecule has 8 nitrogen and oxygen atoms in total. The van der Waals surface area contributed by atoms with Crippen LogP contribution in [0.1, 0.15) is 20.3 Å². The molecule has 1 fully saturated rings. The second-order valence-corrected chi connectivity index (χ2v) is 8.66. The zero-order valence-corrected chi connectivity index (χ0v) is 15.9. The summed E-state index contributed by atoms with van der Waals surface area (Å²) in [4.78, 5) is 24.7. The summed E-state index contributed by atoms with van der Waals surface area (Å²) in [6, 6.07) is 1.77. The first-order chi connectivity index (χ1) is 11.8. The van der Waals surface area contributed by atoms with Crippen molar-refractivity contribution in [2.24, 2.45) is 5.92 Å². The van der Waals surface area contributed by atoms with Crippen LogP contribution >= 0.6 is 0 Å². The van der Waals surface area contributed by atoms with E-state index >= 15 is 0 Å². The summed E-state index contributed by atoms with van der Waals surface area (Å²) in [5.74, 6) is 0.889. The highest BCUT2D eigenvalue weighted by Crippen LogP contribution is 2.11. The van der Waals surface area contributed by atoms with Crippen molar-refractivity contribution in [2.45, 2.75) is 20.3 Å². The van der Waals surface area contributed by atoms with Crippen molar-refractivity contribution >= 4 is 21.9 Å². The van der Waals surface area contributed by atoms with E-state index in [1.54, 1.807) is 23.4 Å². The molecule has 2 rings (SSSR count). The Hall–Kier alpha value is -1.74. The molecule has 1 amide bonds.